The summed E-state index contributed by atoms with van der Waals surface area (Å²) in [5, 5.41) is 0.982. The van der Waals surface area contributed by atoms with Crippen LogP contribution in [0.2, 0.25) is 10.0 Å². The van der Waals surface area contributed by atoms with E-state index in [9.17, 15) is 0 Å². The maximum absolute atomic E-state index is 6.28. The van der Waals surface area contributed by atoms with Gasteiger partial charge in [-0.05, 0) is 30.2 Å². The highest BCUT2D eigenvalue weighted by atomic mass is 35.5. The first-order valence-corrected chi connectivity index (χ1v) is 6.88. The van der Waals surface area contributed by atoms with Gasteiger partial charge in [0.2, 0.25) is 0 Å². The second-order valence-electron chi connectivity index (χ2n) is 4.49. The Labute approximate surface area is 128 Å². The molecule has 0 aliphatic carbocycles. The Hall–Kier alpha value is -1.26. The zero-order valence-corrected chi connectivity index (χ0v) is 12.8. The first kappa shape index (κ1) is 15.1. The molecule has 0 spiro atoms. The van der Waals surface area contributed by atoms with Crippen molar-refractivity contribution < 1.29 is 4.74 Å². The molecule has 0 amide bonds. The van der Waals surface area contributed by atoms with Crippen molar-refractivity contribution in [3.05, 3.63) is 63.1 Å². The minimum Gasteiger partial charge on any atom is -0.496 e. The lowest BCUT2D eigenvalue weighted by molar-refractivity contribution is 0.404. The molecule has 0 saturated carbocycles. The van der Waals surface area contributed by atoms with Crippen molar-refractivity contribution in [3.8, 4) is 5.75 Å². The highest BCUT2D eigenvalue weighted by Gasteiger charge is 2.20. The third-order valence-corrected chi connectivity index (χ3v) is 3.99. The Morgan fingerprint density at radius 2 is 1.90 bits per heavy atom. The Bertz CT molecular complexity index is 617. The summed E-state index contributed by atoms with van der Waals surface area (Å²) in [7, 11) is 1.63. The van der Waals surface area contributed by atoms with Crippen LogP contribution in [-0.4, -0.2) is 7.11 Å². The first-order chi connectivity index (χ1) is 9.58. The van der Waals surface area contributed by atoms with Gasteiger partial charge in [0, 0.05) is 5.56 Å². The van der Waals surface area contributed by atoms with Crippen LogP contribution in [0.25, 0.3) is 0 Å². The lowest BCUT2D eigenvalue weighted by Crippen LogP contribution is -2.29. The maximum atomic E-state index is 6.28. The Morgan fingerprint density at radius 1 is 1.15 bits per heavy atom. The molecule has 5 heteroatoms. The molecule has 3 N–H and O–H groups in total. The van der Waals surface area contributed by atoms with Crippen LogP contribution in [-0.2, 0) is 0 Å². The molecule has 0 saturated heterocycles. The highest BCUT2D eigenvalue weighted by molar-refractivity contribution is 6.42. The van der Waals surface area contributed by atoms with Crippen LogP contribution in [0.1, 0.15) is 22.7 Å². The minimum absolute atomic E-state index is 0.295. The van der Waals surface area contributed by atoms with Crippen molar-refractivity contribution in [1.82, 2.24) is 5.43 Å². The summed E-state index contributed by atoms with van der Waals surface area (Å²) in [6.45, 7) is 2.00. The molecule has 0 radical (unpaired) electrons. The minimum atomic E-state index is -0.295. The van der Waals surface area contributed by atoms with Crippen LogP contribution < -0.4 is 16.0 Å². The van der Waals surface area contributed by atoms with Gasteiger partial charge in [0.15, 0.2) is 0 Å². The SMILES string of the molecule is COc1cc(C)ccc1C(NN)c1cccc(Cl)c1Cl. The van der Waals surface area contributed by atoms with E-state index in [0.29, 0.717) is 10.0 Å². The van der Waals surface area contributed by atoms with Crippen LogP contribution in [0, 0.1) is 6.92 Å². The van der Waals surface area contributed by atoms with E-state index in [1.54, 1.807) is 13.2 Å². The van der Waals surface area contributed by atoms with Crippen molar-refractivity contribution in [1.29, 1.82) is 0 Å². The standard InChI is InChI=1S/C15H16Cl2N2O/c1-9-6-7-10(13(8-9)20-2)15(19-18)11-4-3-5-12(16)14(11)17/h3-8,15,19H,18H2,1-2H3. The van der Waals surface area contributed by atoms with Gasteiger partial charge in [0.05, 0.1) is 23.2 Å². The fraction of sp³-hybridized carbons (Fsp3) is 0.200. The number of nitrogens with one attached hydrogen (secondary N) is 1. The molecular weight excluding hydrogens is 295 g/mol. The van der Waals surface area contributed by atoms with E-state index in [1.807, 2.05) is 37.3 Å². The average molecular weight is 311 g/mol. The zero-order valence-electron chi connectivity index (χ0n) is 11.3. The van der Waals surface area contributed by atoms with E-state index in [1.165, 1.54) is 0 Å². The molecule has 0 aromatic heterocycles. The summed E-state index contributed by atoms with van der Waals surface area (Å²) in [5.74, 6) is 6.46. The summed E-state index contributed by atoms with van der Waals surface area (Å²) in [4.78, 5) is 0. The van der Waals surface area contributed by atoms with Crippen molar-refractivity contribution in [2.24, 2.45) is 5.84 Å². The first-order valence-electron chi connectivity index (χ1n) is 6.13. The van der Waals surface area contributed by atoms with E-state index >= 15 is 0 Å². The Morgan fingerprint density at radius 3 is 2.55 bits per heavy atom. The predicted octanol–water partition coefficient (Wildman–Crippen LogP) is 3.86. The van der Waals surface area contributed by atoms with Gasteiger partial charge in [-0.2, -0.15) is 0 Å². The van der Waals surface area contributed by atoms with E-state index in [2.05, 4.69) is 5.43 Å². The molecular formula is C15H16Cl2N2O. The molecule has 2 rings (SSSR count). The molecule has 0 heterocycles. The van der Waals surface area contributed by atoms with Crippen LogP contribution in [0.4, 0.5) is 0 Å². The number of aryl methyl sites for hydroxylation is 1. The Kier molecular flexibility index (Phi) is 4.89. The summed E-state index contributed by atoms with van der Waals surface area (Å²) < 4.78 is 5.43. The number of nitrogens with two attached hydrogens (primary N) is 1. The second-order valence-corrected chi connectivity index (χ2v) is 5.27. The molecule has 0 fully saturated rings. The normalized spacial score (nSPS) is 12.2. The molecule has 1 atom stereocenters. The summed E-state index contributed by atoms with van der Waals surface area (Å²) in [6, 6.07) is 11.1. The summed E-state index contributed by atoms with van der Waals surface area (Å²) in [5.41, 5.74) is 5.60. The lowest BCUT2D eigenvalue weighted by Gasteiger charge is -2.21. The van der Waals surface area contributed by atoms with Gasteiger partial charge in [-0.1, -0.05) is 47.5 Å². The molecule has 2 aromatic carbocycles. The third kappa shape index (κ3) is 2.91. The molecule has 0 bridgehead atoms. The average Bonchev–Trinajstić information content (AvgIpc) is 2.45. The van der Waals surface area contributed by atoms with Gasteiger partial charge in [-0.3, -0.25) is 5.84 Å². The quantitative estimate of drug-likeness (QED) is 0.666. The van der Waals surface area contributed by atoms with Crippen molar-refractivity contribution in [2.75, 3.05) is 7.11 Å². The number of rotatable bonds is 4. The van der Waals surface area contributed by atoms with Gasteiger partial charge in [-0.15, -0.1) is 0 Å². The Balaban J connectivity index is 2.55. The summed E-state index contributed by atoms with van der Waals surface area (Å²) in [6.07, 6.45) is 0. The van der Waals surface area contributed by atoms with E-state index < -0.39 is 0 Å². The number of hydrogen-bond donors (Lipinski definition) is 2. The topological polar surface area (TPSA) is 47.3 Å². The number of ether oxygens (including phenoxy) is 1. The molecule has 106 valence electrons. The number of methoxy groups -OCH3 is 1. The van der Waals surface area contributed by atoms with Gasteiger partial charge in [0.1, 0.15) is 5.75 Å². The molecule has 1 unspecified atom stereocenters. The fourth-order valence-electron chi connectivity index (χ4n) is 2.15. The number of halogens is 2. The van der Waals surface area contributed by atoms with Crippen LogP contribution in [0.15, 0.2) is 36.4 Å². The predicted molar refractivity (Wildman–Crippen MR) is 83.4 cm³/mol. The highest BCUT2D eigenvalue weighted by Crippen LogP contribution is 2.36. The van der Waals surface area contributed by atoms with Gasteiger partial charge < -0.3 is 4.74 Å². The van der Waals surface area contributed by atoms with Gasteiger partial charge in [-0.25, -0.2) is 5.43 Å². The van der Waals surface area contributed by atoms with Crippen molar-refractivity contribution >= 4 is 23.2 Å². The van der Waals surface area contributed by atoms with E-state index in [4.69, 9.17) is 33.8 Å². The number of hydrazine groups is 1. The van der Waals surface area contributed by atoms with E-state index in [0.717, 1.165) is 22.4 Å². The third-order valence-electron chi connectivity index (χ3n) is 3.16. The smallest absolute Gasteiger partial charge is 0.124 e. The van der Waals surface area contributed by atoms with Crippen molar-refractivity contribution in [2.45, 2.75) is 13.0 Å². The number of benzene rings is 2. The van der Waals surface area contributed by atoms with Crippen molar-refractivity contribution in [3.63, 3.8) is 0 Å². The van der Waals surface area contributed by atoms with Crippen LogP contribution in [0.5, 0.6) is 5.75 Å². The zero-order chi connectivity index (χ0) is 14.7. The monoisotopic (exact) mass is 310 g/mol. The van der Waals surface area contributed by atoms with E-state index in [-0.39, 0.29) is 6.04 Å². The summed E-state index contributed by atoms with van der Waals surface area (Å²) >= 11 is 12.3. The number of hydrogen-bond acceptors (Lipinski definition) is 3. The maximum Gasteiger partial charge on any atom is 0.124 e. The lowest BCUT2D eigenvalue weighted by atomic mass is 9.97. The van der Waals surface area contributed by atoms with Gasteiger partial charge in [0.25, 0.3) is 0 Å². The van der Waals surface area contributed by atoms with Gasteiger partial charge >= 0.3 is 0 Å². The van der Waals surface area contributed by atoms with Crippen LogP contribution in [0.3, 0.4) is 0 Å². The molecule has 20 heavy (non-hydrogen) atoms. The fourth-order valence-corrected chi connectivity index (χ4v) is 2.56. The van der Waals surface area contributed by atoms with Crippen LogP contribution >= 0.6 is 23.2 Å². The molecule has 0 aliphatic rings. The molecule has 3 nitrogen and oxygen atoms in total. The molecule has 2 aromatic rings. The second kappa shape index (κ2) is 6.46. The molecule has 0 aliphatic heterocycles. The largest absolute Gasteiger partial charge is 0.496 e.